The number of imidazole rings is 1. The summed E-state index contributed by atoms with van der Waals surface area (Å²) in [5.74, 6) is 0.900. The fraction of sp³-hybridized carbons (Fsp3) is 0.176. The molecule has 2 heterocycles. The lowest BCUT2D eigenvalue weighted by atomic mass is 10.3. The zero-order chi connectivity index (χ0) is 15.8. The average molecular weight is 343 g/mol. The van der Waals surface area contributed by atoms with Gasteiger partial charge in [-0.25, -0.2) is 4.98 Å². The zero-order valence-electron chi connectivity index (χ0n) is 12.4. The maximum atomic E-state index is 6.04. The summed E-state index contributed by atoms with van der Waals surface area (Å²) in [6.07, 6.45) is 1.03. The predicted octanol–water partition coefficient (Wildman–Crippen LogP) is 4.30. The number of anilines is 2. The topological polar surface area (TPSA) is 33.1 Å². The monoisotopic (exact) mass is 342 g/mol. The molecule has 1 N–H and O–H groups in total. The van der Waals surface area contributed by atoms with Gasteiger partial charge in [-0.05, 0) is 49.0 Å². The van der Waals surface area contributed by atoms with E-state index < -0.39 is 0 Å². The standard InChI is InChI=1S/C17H15ClN4S/c18-12-5-3-6-13(11-12)19-17(23)22-10-4-9-21-15-8-2-1-7-14(15)20-16(21)22/h1-3,5-8,11H,4,9-10H2,(H,19,23). The van der Waals surface area contributed by atoms with Gasteiger partial charge in [0.25, 0.3) is 0 Å². The second-order valence-electron chi connectivity index (χ2n) is 5.50. The molecule has 23 heavy (non-hydrogen) atoms. The summed E-state index contributed by atoms with van der Waals surface area (Å²) in [7, 11) is 0. The van der Waals surface area contributed by atoms with E-state index in [-0.39, 0.29) is 0 Å². The molecule has 0 amide bonds. The van der Waals surface area contributed by atoms with Crippen molar-refractivity contribution >= 4 is 51.6 Å². The lowest BCUT2D eigenvalue weighted by Crippen LogP contribution is -2.40. The number of fused-ring (bicyclic) bond motifs is 3. The quantitative estimate of drug-likeness (QED) is 0.668. The van der Waals surface area contributed by atoms with E-state index >= 15 is 0 Å². The van der Waals surface area contributed by atoms with E-state index in [1.165, 1.54) is 0 Å². The van der Waals surface area contributed by atoms with E-state index in [2.05, 4.69) is 20.9 Å². The van der Waals surface area contributed by atoms with Gasteiger partial charge in [-0.15, -0.1) is 0 Å². The molecule has 1 aliphatic heterocycles. The highest BCUT2D eigenvalue weighted by Crippen LogP contribution is 2.27. The van der Waals surface area contributed by atoms with E-state index in [4.69, 9.17) is 28.8 Å². The van der Waals surface area contributed by atoms with Crippen molar-refractivity contribution < 1.29 is 0 Å². The summed E-state index contributed by atoms with van der Waals surface area (Å²) in [4.78, 5) is 6.81. The molecule has 0 saturated carbocycles. The van der Waals surface area contributed by atoms with Gasteiger partial charge in [-0.3, -0.25) is 4.90 Å². The molecule has 0 bridgehead atoms. The second kappa shape index (κ2) is 5.83. The maximum absolute atomic E-state index is 6.04. The SMILES string of the molecule is S=C(Nc1cccc(Cl)c1)N1CCCn2c1nc1ccccc12. The summed E-state index contributed by atoms with van der Waals surface area (Å²) in [6, 6.07) is 15.7. The summed E-state index contributed by atoms with van der Waals surface area (Å²) in [5.41, 5.74) is 3.04. The van der Waals surface area contributed by atoms with Crippen LogP contribution in [0.5, 0.6) is 0 Å². The van der Waals surface area contributed by atoms with Gasteiger partial charge in [0.1, 0.15) is 0 Å². The molecular weight excluding hydrogens is 328 g/mol. The summed E-state index contributed by atoms with van der Waals surface area (Å²) >= 11 is 11.6. The Kier molecular flexibility index (Phi) is 3.67. The lowest BCUT2D eigenvalue weighted by Gasteiger charge is -2.29. The molecule has 6 heteroatoms. The van der Waals surface area contributed by atoms with Crippen LogP contribution >= 0.6 is 23.8 Å². The number of para-hydroxylation sites is 2. The van der Waals surface area contributed by atoms with Gasteiger partial charge in [0.05, 0.1) is 11.0 Å². The number of halogens is 1. The van der Waals surface area contributed by atoms with Gasteiger partial charge in [-0.1, -0.05) is 29.8 Å². The van der Waals surface area contributed by atoms with Crippen LogP contribution in [0.15, 0.2) is 48.5 Å². The van der Waals surface area contributed by atoms with Gasteiger partial charge < -0.3 is 9.88 Å². The van der Waals surface area contributed by atoms with Gasteiger partial charge >= 0.3 is 0 Å². The van der Waals surface area contributed by atoms with E-state index in [1.807, 2.05) is 42.5 Å². The molecule has 1 aliphatic rings. The summed E-state index contributed by atoms with van der Waals surface area (Å²) in [5, 5.41) is 4.58. The molecular formula is C17H15ClN4S. The minimum Gasteiger partial charge on any atom is -0.332 e. The Hall–Kier alpha value is -2.11. The van der Waals surface area contributed by atoms with Crippen molar-refractivity contribution in [3.05, 3.63) is 53.6 Å². The van der Waals surface area contributed by atoms with Gasteiger partial charge in [0.15, 0.2) is 5.11 Å². The first-order valence-electron chi connectivity index (χ1n) is 7.52. The highest BCUT2D eigenvalue weighted by Gasteiger charge is 2.24. The minimum atomic E-state index is 0.642. The number of benzene rings is 2. The molecule has 0 unspecified atom stereocenters. The van der Waals surface area contributed by atoms with Crippen LogP contribution in [0.4, 0.5) is 11.6 Å². The number of nitrogens with one attached hydrogen (secondary N) is 1. The molecule has 1 aromatic heterocycles. The number of aromatic nitrogens is 2. The number of hydrogen-bond acceptors (Lipinski definition) is 2. The third-order valence-corrected chi connectivity index (χ3v) is 4.52. The third kappa shape index (κ3) is 2.66. The van der Waals surface area contributed by atoms with Crippen molar-refractivity contribution in [2.45, 2.75) is 13.0 Å². The highest BCUT2D eigenvalue weighted by atomic mass is 35.5. The molecule has 0 fully saturated rings. The van der Waals surface area contributed by atoms with E-state index in [1.54, 1.807) is 0 Å². The first kappa shape index (κ1) is 14.5. The second-order valence-corrected chi connectivity index (χ2v) is 6.32. The van der Waals surface area contributed by atoms with Crippen LogP contribution in [0.25, 0.3) is 11.0 Å². The van der Waals surface area contributed by atoms with Gasteiger partial charge in [0.2, 0.25) is 5.95 Å². The van der Waals surface area contributed by atoms with E-state index in [9.17, 15) is 0 Å². The number of rotatable bonds is 1. The van der Waals surface area contributed by atoms with Crippen molar-refractivity contribution in [1.82, 2.24) is 9.55 Å². The Bertz CT molecular complexity index is 889. The van der Waals surface area contributed by atoms with Crippen LogP contribution in [-0.2, 0) is 6.54 Å². The van der Waals surface area contributed by atoms with Gasteiger partial charge in [-0.2, -0.15) is 0 Å². The Balaban J connectivity index is 1.67. The van der Waals surface area contributed by atoms with Crippen molar-refractivity contribution in [2.24, 2.45) is 0 Å². The number of hydrogen-bond donors (Lipinski definition) is 1. The molecule has 0 spiro atoms. The Morgan fingerprint density at radius 2 is 2.00 bits per heavy atom. The Morgan fingerprint density at radius 3 is 2.87 bits per heavy atom. The van der Waals surface area contributed by atoms with Crippen LogP contribution in [0.3, 0.4) is 0 Å². The maximum Gasteiger partial charge on any atom is 0.212 e. The van der Waals surface area contributed by atoms with Crippen LogP contribution in [0.1, 0.15) is 6.42 Å². The normalized spacial score (nSPS) is 13.9. The first-order valence-corrected chi connectivity index (χ1v) is 8.30. The van der Waals surface area contributed by atoms with Gasteiger partial charge in [0, 0.05) is 23.8 Å². The molecule has 4 nitrogen and oxygen atoms in total. The van der Waals surface area contributed by atoms with Crippen LogP contribution in [0, 0.1) is 0 Å². The molecule has 0 aliphatic carbocycles. The van der Waals surface area contributed by atoms with Crippen molar-refractivity contribution in [1.29, 1.82) is 0 Å². The highest BCUT2D eigenvalue weighted by molar-refractivity contribution is 7.80. The average Bonchev–Trinajstić information content (AvgIpc) is 2.93. The Morgan fingerprint density at radius 1 is 1.13 bits per heavy atom. The van der Waals surface area contributed by atoms with E-state index in [0.717, 1.165) is 42.2 Å². The van der Waals surface area contributed by atoms with Crippen molar-refractivity contribution in [3.8, 4) is 0 Å². The summed E-state index contributed by atoms with van der Waals surface area (Å²) in [6.45, 7) is 1.82. The smallest absolute Gasteiger partial charge is 0.212 e. The number of nitrogens with zero attached hydrogens (tertiary/aromatic N) is 3. The lowest BCUT2D eigenvalue weighted by molar-refractivity contribution is 0.612. The van der Waals surface area contributed by atoms with Crippen LogP contribution < -0.4 is 10.2 Å². The fourth-order valence-corrected chi connectivity index (χ4v) is 3.41. The molecule has 0 saturated heterocycles. The first-order chi connectivity index (χ1) is 11.2. The molecule has 0 radical (unpaired) electrons. The number of thiocarbonyl (C=S) groups is 1. The van der Waals surface area contributed by atoms with Crippen LogP contribution in [0.2, 0.25) is 5.02 Å². The minimum absolute atomic E-state index is 0.642. The molecule has 116 valence electrons. The largest absolute Gasteiger partial charge is 0.332 e. The molecule has 4 rings (SSSR count). The molecule has 0 atom stereocenters. The van der Waals surface area contributed by atoms with Crippen molar-refractivity contribution in [3.63, 3.8) is 0 Å². The van der Waals surface area contributed by atoms with Crippen molar-refractivity contribution in [2.75, 3.05) is 16.8 Å². The summed E-state index contributed by atoms with van der Waals surface area (Å²) < 4.78 is 2.23. The predicted molar refractivity (Wildman–Crippen MR) is 99.4 cm³/mol. The zero-order valence-corrected chi connectivity index (χ0v) is 13.9. The number of aryl methyl sites for hydroxylation is 1. The Labute approximate surface area is 144 Å². The van der Waals surface area contributed by atoms with Crippen LogP contribution in [-0.4, -0.2) is 21.2 Å². The van der Waals surface area contributed by atoms with E-state index in [0.29, 0.717) is 10.1 Å². The molecule has 2 aromatic carbocycles. The third-order valence-electron chi connectivity index (χ3n) is 3.96. The fourth-order valence-electron chi connectivity index (χ4n) is 2.93. The molecule has 3 aromatic rings.